The van der Waals surface area contributed by atoms with Crippen molar-refractivity contribution in [3.8, 4) is 34.5 Å². The lowest BCUT2D eigenvalue weighted by atomic mass is 9.42. The van der Waals surface area contributed by atoms with Gasteiger partial charge in [0, 0.05) is 28.7 Å². The number of aromatic hydroxyl groups is 2. The minimum absolute atomic E-state index is 0.00446. The number of benzene rings is 4. The third-order valence-corrected chi connectivity index (χ3v) is 9.55. The molecular formula is C34H34N2O4. The second-order valence-corrected chi connectivity index (χ2v) is 11.8. The normalized spacial score (nSPS) is 24.1. The first-order valence-electron chi connectivity index (χ1n) is 14.1. The maximum absolute atomic E-state index is 10.3. The van der Waals surface area contributed by atoms with E-state index in [1.54, 1.807) is 36.4 Å². The fraction of sp³-hybridized carbons (Fsp3) is 0.294. The van der Waals surface area contributed by atoms with Gasteiger partial charge in [-0.25, -0.2) is 0 Å². The Morgan fingerprint density at radius 3 is 1.43 bits per heavy atom. The van der Waals surface area contributed by atoms with Gasteiger partial charge in [-0.2, -0.15) is 0 Å². The summed E-state index contributed by atoms with van der Waals surface area (Å²) in [5.41, 5.74) is 14.3. The first kappa shape index (κ1) is 24.7. The number of nitrogen functional groups attached to an aromatic ring is 2. The number of phenols is 2. The standard InChI is InChI=1S/C34H34N2O4/c35-28-11-9-24(18-30(28)37)39-32-7-3-1-5-26(32)34(22-14-20-13-21(16-22)17-23(34)15-20)27-6-2-4-8-33(27)40-25-10-12-29(36)31(38)19-25/h1-12,18-23,37-38H,13-17,35-36H2. The van der Waals surface area contributed by atoms with E-state index in [4.69, 9.17) is 20.9 Å². The van der Waals surface area contributed by atoms with Gasteiger partial charge in [0.2, 0.25) is 0 Å². The molecule has 0 saturated heterocycles. The Bertz CT molecular complexity index is 1460. The van der Waals surface area contributed by atoms with Crippen molar-refractivity contribution in [1.29, 1.82) is 0 Å². The molecule has 0 atom stereocenters. The van der Waals surface area contributed by atoms with Crippen molar-refractivity contribution in [2.45, 2.75) is 37.5 Å². The molecule has 4 bridgehead atoms. The molecule has 6 heteroatoms. The van der Waals surface area contributed by atoms with E-state index in [1.807, 2.05) is 24.3 Å². The number of hydrogen-bond acceptors (Lipinski definition) is 6. The maximum Gasteiger partial charge on any atom is 0.142 e. The number of rotatable bonds is 6. The van der Waals surface area contributed by atoms with E-state index in [-0.39, 0.29) is 16.9 Å². The molecule has 40 heavy (non-hydrogen) atoms. The van der Waals surface area contributed by atoms with Gasteiger partial charge in [-0.3, -0.25) is 0 Å². The highest BCUT2D eigenvalue weighted by molar-refractivity contribution is 5.59. The summed E-state index contributed by atoms with van der Waals surface area (Å²) in [6.07, 6.45) is 6.07. The zero-order valence-electron chi connectivity index (χ0n) is 22.3. The quantitative estimate of drug-likeness (QED) is 0.150. The molecule has 0 aliphatic heterocycles. The third kappa shape index (κ3) is 3.93. The molecule has 8 rings (SSSR count). The number of phenolic OH excluding ortho intramolecular Hbond substituents is 2. The predicted octanol–water partition coefficient (Wildman–Crippen LogP) is 7.59. The summed E-state index contributed by atoms with van der Waals surface area (Å²) in [4.78, 5) is 0. The van der Waals surface area contributed by atoms with E-state index >= 15 is 0 Å². The highest BCUT2D eigenvalue weighted by Gasteiger charge is 2.60. The molecule has 6 nitrogen and oxygen atoms in total. The maximum atomic E-state index is 10.3. The van der Waals surface area contributed by atoms with Crippen LogP contribution in [-0.4, -0.2) is 10.2 Å². The molecule has 6 N–H and O–H groups in total. The van der Waals surface area contributed by atoms with Gasteiger partial charge in [-0.05, 0) is 92.2 Å². The van der Waals surface area contributed by atoms with Crippen LogP contribution in [-0.2, 0) is 5.41 Å². The van der Waals surface area contributed by atoms with E-state index in [1.165, 1.54) is 32.1 Å². The molecule has 4 aromatic rings. The van der Waals surface area contributed by atoms with Crippen LogP contribution in [0, 0.1) is 23.7 Å². The van der Waals surface area contributed by atoms with E-state index in [0.29, 0.717) is 34.7 Å². The third-order valence-electron chi connectivity index (χ3n) is 9.55. The molecular weight excluding hydrogens is 500 g/mol. The van der Waals surface area contributed by atoms with Crippen LogP contribution < -0.4 is 20.9 Å². The van der Waals surface area contributed by atoms with Crippen molar-refractivity contribution in [2.75, 3.05) is 11.5 Å². The highest BCUT2D eigenvalue weighted by atomic mass is 16.5. The fourth-order valence-electron chi connectivity index (χ4n) is 8.17. The van der Waals surface area contributed by atoms with Crippen LogP contribution in [0.25, 0.3) is 0 Å². The molecule has 0 aromatic heterocycles. The lowest BCUT2D eigenvalue weighted by Crippen LogP contribution is -2.56. The van der Waals surface area contributed by atoms with E-state index in [2.05, 4.69) is 24.3 Å². The lowest BCUT2D eigenvalue weighted by Gasteiger charge is -2.62. The van der Waals surface area contributed by atoms with Crippen LogP contribution in [0.5, 0.6) is 34.5 Å². The molecule has 4 saturated carbocycles. The van der Waals surface area contributed by atoms with Crippen LogP contribution in [0.3, 0.4) is 0 Å². The average molecular weight is 535 g/mol. The van der Waals surface area contributed by atoms with Crippen LogP contribution in [0.1, 0.15) is 43.2 Å². The van der Waals surface area contributed by atoms with Gasteiger partial charge in [0.15, 0.2) is 0 Å². The van der Waals surface area contributed by atoms with Gasteiger partial charge in [0.25, 0.3) is 0 Å². The van der Waals surface area contributed by atoms with Crippen molar-refractivity contribution < 1.29 is 19.7 Å². The summed E-state index contributed by atoms with van der Waals surface area (Å²) in [5, 5.41) is 20.5. The Balaban J connectivity index is 1.40. The largest absolute Gasteiger partial charge is 0.506 e. The van der Waals surface area contributed by atoms with Crippen LogP contribution in [0.15, 0.2) is 84.9 Å². The van der Waals surface area contributed by atoms with E-state index in [9.17, 15) is 10.2 Å². The van der Waals surface area contributed by atoms with Crippen molar-refractivity contribution in [3.63, 3.8) is 0 Å². The molecule has 204 valence electrons. The minimum atomic E-state index is -0.313. The van der Waals surface area contributed by atoms with Gasteiger partial charge in [0.1, 0.15) is 34.5 Å². The summed E-state index contributed by atoms with van der Waals surface area (Å²) >= 11 is 0. The van der Waals surface area contributed by atoms with Gasteiger partial charge < -0.3 is 31.2 Å². The first-order valence-corrected chi connectivity index (χ1v) is 14.1. The SMILES string of the molecule is Nc1ccc(Oc2ccccc2C2(c3ccccc3Oc3ccc(N)c(O)c3)C3CC4CC(C3)CC2C4)cc1O. The zero-order chi connectivity index (χ0) is 27.4. The van der Waals surface area contributed by atoms with Crippen LogP contribution in [0.4, 0.5) is 11.4 Å². The lowest BCUT2D eigenvalue weighted by molar-refractivity contribution is -0.0431. The zero-order valence-corrected chi connectivity index (χ0v) is 22.3. The fourth-order valence-corrected chi connectivity index (χ4v) is 8.17. The summed E-state index contributed by atoms with van der Waals surface area (Å²) in [7, 11) is 0. The first-order chi connectivity index (χ1) is 19.4. The van der Waals surface area contributed by atoms with Gasteiger partial charge in [-0.1, -0.05) is 36.4 Å². The molecule has 0 heterocycles. The summed E-state index contributed by atoms with van der Waals surface area (Å²) < 4.78 is 13.1. The highest BCUT2D eigenvalue weighted by Crippen LogP contribution is 2.67. The molecule has 4 fully saturated rings. The summed E-state index contributed by atoms with van der Waals surface area (Å²) in [6.45, 7) is 0. The Hall–Kier alpha value is -4.32. The number of hydrogen-bond donors (Lipinski definition) is 4. The van der Waals surface area contributed by atoms with Gasteiger partial charge in [0.05, 0.1) is 11.4 Å². The number of para-hydroxylation sites is 2. The molecule has 0 spiro atoms. The number of nitrogens with two attached hydrogens (primary N) is 2. The van der Waals surface area contributed by atoms with Crippen molar-refractivity contribution in [2.24, 2.45) is 23.7 Å². The molecule has 4 aromatic carbocycles. The van der Waals surface area contributed by atoms with E-state index < -0.39 is 0 Å². The van der Waals surface area contributed by atoms with Gasteiger partial charge >= 0.3 is 0 Å². The summed E-state index contributed by atoms with van der Waals surface area (Å²) in [5.74, 6) is 5.06. The van der Waals surface area contributed by atoms with Crippen LogP contribution >= 0.6 is 0 Å². The molecule has 0 amide bonds. The molecule has 4 aliphatic rings. The molecule has 0 unspecified atom stereocenters. The second kappa shape index (κ2) is 9.40. The Kier molecular flexibility index (Phi) is 5.81. The summed E-state index contributed by atoms with van der Waals surface area (Å²) in [6, 6.07) is 26.7. The second-order valence-electron chi connectivity index (χ2n) is 11.8. The van der Waals surface area contributed by atoms with E-state index in [0.717, 1.165) is 34.5 Å². The van der Waals surface area contributed by atoms with Crippen molar-refractivity contribution in [3.05, 3.63) is 96.1 Å². The minimum Gasteiger partial charge on any atom is -0.506 e. The van der Waals surface area contributed by atoms with Crippen molar-refractivity contribution >= 4 is 11.4 Å². The number of anilines is 2. The number of ether oxygens (including phenoxy) is 2. The average Bonchev–Trinajstić information content (AvgIpc) is 2.94. The Morgan fingerprint density at radius 2 is 1.00 bits per heavy atom. The topological polar surface area (TPSA) is 111 Å². The van der Waals surface area contributed by atoms with Crippen molar-refractivity contribution in [1.82, 2.24) is 0 Å². The predicted molar refractivity (Wildman–Crippen MR) is 156 cm³/mol. The molecule has 4 aliphatic carbocycles. The van der Waals surface area contributed by atoms with Gasteiger partial charge in [-0.15, -0.1) is 0 Å². The smallest absolute Gasteiger partial charge is 0.142 e. The molecule has 0 radical (unpaired) electrons. The monoisotopic (exact) mass is 534 g/mol. The Morgan fingerprint density at radius 1 is 0.575 bits per heavy atom. The van der Waals surface area contributed by atoms with Crippen LogP contribution in [0.2, 0.25) is 0 Å². The Labute approximate surface area is 234 Å².